The third-order valence-corrected chi connectivity index (χ3v) is 3.65. The molecule has 1 fully saturated rings. The zero-order valence-corrected chi connectivity index (χ0v) is 11.5. The summed E-state index contributed by atoms with van der Waals surface area (Å²) in [5.41, 5.74) is 8.64. The van der Waals surface area contributed by atoms with Gasteiger partial charge < -0.3 is 15.8 Å². The Morgan fingerprint density at radius 3 is 2.95 bits per heavy atom. The van der Waals surface area contributed by atoms with Gasteiger partial charge in [-0.1, -0.05) is 12.1 Å². The first kappa shape index (κ1) is 13.1. The second kappa shape index (κ2) is 6.07. The van der Waals surface area contributed by atoms with E-state index in [4.69, 9.17) is 10.5 Å². The molecule has 0 radical (unpaired) electrons. The fourth-order valence-electron chi connectivity index (χ4n) is 2.53. The number of nitrogens with two attached hydrogens (primary N) is 1. The summed E-state index contributed by atoms with van der Waals surface area (Å²) in [7, 11) is 0. The molecule has 2 heterocycles. The molecule has 1 saturated heterocycles. The maximum Gasteiger partial charge on any atom is 0.0951 e. The van der Waals surface area contributed by atoms with Gasteiger partial charge in [-0.3, -0.25) is 9.88 Å². The van der Waals surface area contributed by atoms with Gasteiger partial charge in [0.15, 0.2) is 0 Å². The zero-order chi connectivity index (χ0) is 13.8. The first-order valence-electron chi connectivity index (χ1n) is 7.02. The van der Waals surface area contributed by atoms with E-state index in [9.17, 15) is 0 Å². The predicted molar refractivity (Wildman–Crippen MR) is 81.9 cm³/mol. The van der Waals surface area contributed by atoms with Crippen molar-refractivity contribution >= 4 is 22.3 Å². The third kappa shape index (κ3) is 2.84. The summed E-state index contributed by atoms with van der Waals surface area (Å²) in [6.07, 6.45) is 1.80. The molecule has 0 unspecified atom stereocenters. The van der Waals surface area contributed by atoms with E-state index in [1.807, 2.05) is 18.2 Å². The minimum atomic E-state index is 0.722. The summed E-state index contributed by atoms with van der Waals surface area (Å²) >= 11 is 0. The number of anilines is 2. The molecule has 5 nitrogen and oxygen atoms in total. The van der Waals surface area contributed by atoms with Crippen LogP contribution < -0.4 is 11.1 Å². The van der Waals surface area contributed by atoms with Gasteiger partial charge in [-0.2, -0.15) is 0 Å². The highest BCUT2D eigenvalue weighted by Gasteiger charge is 2.10. The number of hydrogen-bond donors (Lipinski definition) is 2. The van der Waals surface area contributed by atoms with Crippen molar-refractivity contribution in [3.63, 3.8) is 0 Å². The van der Waals surface area contributed by atoms with Crippen molar-refractivity contribution in [1.82, 2.24) is 9.88 Å². The summed E-state index contributed by atoms with van der Waals surface area (Å²) < 4.78 is 5.35. The van der Waals surface area contributed by atoms with E-state index in [0.717, 1.165) is 61.7 Å². The molecule has 1 aliphatic heterocycles. The second-order valence-electron chi connectivity index (χ2n) is 4.98. The van der Waals surface area contributed by atoms with Crippen LogP contribution in [0.4, 0.5) is 11.4 Å². The van der Waals surface area contributed by atoms with Crippen molar-refractivity contribution in [3.05, 3.63) is 30.5 Å². The predicted octanol–water partition coefficient (Wildman–Crippen LogP) is 1.56. The molecule has 0 spiro atoms. The molecular weight excluding hydrogens is 252 g/mol. The molecule has 0 amide bonds. The van der Waals surface area contributed by atoms with Gasteiger partial charge in [0.1, 0.15) is 0 Å². The Balaban J connectivity index is 1.66. The van der Waals surface area contributed by atoms with Crippen molar-refractivity contribution in [2.24, 2.45) is 0 Å². The van der Waals surface area contributed by atoms with Gasteiger partial charge in [0, 0.05) is 43.4 Å². The fourth-order valence-corrected chi connectivity index (χ4v) is 2.53. The molecule has 3 rings (SSSR count). The van der Waals surface area contributed by atoms with Gasteiger partial charge in [-0.05, 0) is 12.1 Å². The van der Waals surface area contributed by atoms with Crippen LogP contribution in [-0.2, 0) is 4.74 Å². The number of para-hydroxylation sites is 1. The van der Waals surface area contributed by atoms with Gasteiger partial charge in [0.2, 0.25) is 0 Å². The summed E-state index contributed by atoms with van der Waals surface area (Å²) in [6, 6.07) is 7.90. The molecular formula is C15H20N4O. The molecule has 0 atom stereocenters. The lowest BCUT2D eigenvalue weighted by atomic mass is 10.1. The van der Waals surface area contributed by atoms with Crippen molar-refractivity contribution in [1.29, 1.82) is 0 Å². The quantitative estimate of drug-likeness (QED) is 0.827. The summed E-state index contributed by atoms with van der Waals surface area (Å²) in [4.78, 5) is 6.76. The summed E-state index contributed by atoms with van der Waals surface area (Å²) in [5.74, 6) is 0. The smallest absolute Gasteiger partial charge is 0.0951 e. The largest absolute Gasteiger partial charge is 0.397 e. The Labute approximate surface area is 118 Å². The molecule has 20 heavy (non-hydrogen) atoms. The Bertz CT molecular complexity index is 581. The number of fused-ring (bicyclic) bond motifs is 1. The van der Waals surface area contributed by atoms with E-state index < -0.39 is 0 Å². The number of rotatable bonds is 4. The Hall–Kier alpha value is -1.85. The van der Waals surface area contributed by atoms with Crippen LogP contribution >= 0.6 is 0 Å². The molecule has 1 aromatic heterocycles. The molecule has 3 N–H and O–H groups in total. The average molecular weight is 272 g/mol. The van der Waals surface area contributed by atoms with E-state index in [1.165, 1.54) is 0 Å². The van der Waals surface area contributed by atoms with Gasteiger partial charge in [0.05, 0.1) is 24.4 Å². The number of nitrogens with zero attached hydrogens (tertiary/aromatic N) is 2. The summed E-state index contributed by atoms with van der Waals surface area (Å²) in [5, 5.41) is 4.56. The van der Waals surface area contributed by atoms with Crippen LogP contribution in [0.2, 0.25) is 0 Å². The molecule has 1 aromatic carbocycles. The van der Waals surface area contributed by atoms with Crippen LogP contribution in [0.15, 0.2) is 30.5 Å². The van der Waals surface area contributed by atoms with Crippen LogP contribution in [0.1, 0.15) is 0 Å². The Morgan fingerprint density at radius 1 is 1.25 bits per heavy atom. The van der Waals surface area contributed by atoms with Crippen LogP contribution in [0, 0.1) is 0 Å². The van der Waals surface area contributed by atoms with Gasteiger partial charge in [0.25, 0.3) is 0 Å². The summed E-state index contributed by atoms with van der Waals surface area (Å²) in [6.45, 7) is 5.66. The average Bonchev–Trinajstić information content (AvgIpc) is 2.49. The first-order valence-corrected chi connectivity index (χ1v) is 7.02. The minimum absolute atomic E-state index is 0.722. The highest BCUT2D eigenvalue weighted by Crippen LogP contribution is 2.25. The number of ether oxygens (including phenoxy) is 1. The molecule has 5 heteroatoms. The number of aromatic nitrogens is 1. The standard InChI is InChI=1S/C15H20N4O/c16-13-3-1-2-12-14(4-5-18-15(12)13)17-6-7-19-8-10-20-11-9-19/h1-5H,6-11,16H2,(H,17,18). The molecule has 106 valence electrons. The van der Waals surface area contributed by atoms with Gasteiger partial charge in [-0.25, -0.2) is 0 Å². The Kier molecular flexibility index (Phi) is 3.99. The van der Waals surface area contributed by atoms with Crippen molar-refractivity contribution in [3.8, 4) is 0 Å². The molecule has 2 aromatic rings. The van der Waals surface area contributed by atoms with Crippen molar-refractivity contribution in [2.45, 2.75) is 0 Å². The lowest BCUT2D eigenvalue weighted by Gasteiger charge is -2.26. The van der Waals surface area contributed by atoms with E-state index in [-0.39, 0.29) is 0 Å². The van der Waals surface area contributed by atoms with Crippen LogP contribution in [0.25, 0.3) is 10.9 Å². The zero-order valence-electron chi connectivity index (χ0n) is 11.5. The van der Waals surface area contributed by atoms with Crippen molar-refractivity contribution in [2.75, 3.05) is 50.4 Å². The number of morpholine rings is 1. The van der Waals surface area contributed by atoms with E-state index in [1.54, 1.807) is 6.20 Å². The van der Waals surface area contributed by atoms with Crippen LogP contribution in [0.5, 0.6) is 0 Å². The van der Waals surface area contributed by atoms with Crippen LogP contribution in [-0.4, -0.2) is 49.3 Å². The molecule has 1 aliphatic rings. The van der Waals surface area contributed by atoms with Crippen LogP contribution in [0.3, 0.4) is 0 Å². The fraction of sp³-hybridized carbons (Fsp3) is 0.400. The minimum Gasteiger partial charge on any atom is -0.397 e. The second-order valence-corrected chi connectivity index (χ2v) is 4.98. The van der Waals surface area contributed by atoms with Crippen molar-refractivity contribution < 1.29 is 4.74 Å². The molecule has 0 aliphatic carbocycles. The highest BCUT2D eigenvalue weighted by atomic mass is 16.5. The van der Waals surface area contributed by atoms with Gasteiger partial charge >= 0.3 is 0 Å². The molecule has 0 saturated carbocycles. The normalized spacial score (nSPS) is 16.4. The number of benzene rings is 1. The SMILES string of the molecule is Nc1cccc2c(NCCN3CCOCC3)ccnc12. The lowest BCUT2D eigenvalue weighted by Crippen LogP contribution is -2.39. The van der Waals surface area contributed by atoms with E-state index in [0.29, 0.717) is 0 Å². The number of pyridine rings is 1. The van der Waals surface area contributed by atoms with Gasteiger partial charge in [-0.15, -0.1) is 0 Å². The Morgan fingerprint density at radius 2 is 2.10 bits per heavy atom. The highest BCUT2D eigenvalue weighted by molar-refractivity contribution is 5.97. The molecule has 0 bridgehead atoms. The monoisotopic (exact) mass is 272 g/mol. The maximum absolute atomic E-state index is 5.96. The number of nitrogens with one attached hydrogen (secondary N) is 1. The van der Waals surface area contributed by atoms with E-state index in [2.05, 4.69) is 21.3 Å². The topological polar surface area (TPSA) is 63.4 Å². The lowest BCUT2D eigenvalue weighted by molar-refractivity contribution is 0.0398. The number of hydrogen-bond acceptors (Lipinski definition) is 5. The first-order chi connectivity index (χ1) is 9.84. The van der Waals surface area contributed by atoms with E-state index >= 15 is 0 Å². The maximum atomic E-state index is 5.96. The third-order valence-electron chi connectivity index (χ3n) is 3.65. The number of nitrogen functional groups attached to an aromatic ring is 1.